The van der Waals surface area contributed by atoms with Crippen LogP contribution in [-0.4, -0.2) is 31.1 Å². The van der Waals surface area contributed by atoms with Gasteiger partial charge in [0.15, 0.2) is 0 Å². The first-order chi connectivity index (χ1) is 9.88. The molecule has 0 saturated carbocycles. The molecule has 0 radical (unpaired) electrons. The molecule has 1 saturated heterocycles. The molecule has 0 aliphatic carbocycles. The van der Waals surface area contributed by atoms with E-state index in [1.807, 2.05) is 0 Å². The summed E-state index contributed by atoms with van der Waals surface area (Å²) in [5.41, 5.74) is 0.411. The number of benzene rings is 1. The van der Waals surface area contributed by atoms with Crippen molar-refractivity contribution in [3.63, 3.8) is 0 Å². The highest BCUT2D eigenvalue weighted by molar-refractivity contribution is 5.85. The van der Waals surface area contributed by atoms with E-state index in [0.717, 1.165) is 38.2 Å². The van der Waals surface area contributed by atoms with Crippen molar-refractivity contribution in [2.45, 2.75) is 32.5 Å². The molecule has 7 heteroatoms. The van der Waals surface area contributed by atoms with Crippen LogP contribution in [0, 0.1) is 5.92 Å². The Morgan fingerprint density at radius 3 is 2.00 bits per heavy atom. The van der Waals surface area contributed by atoms with E-state index in [-0.39, 0.29) is 30.9 Å². The number of nitrogens with one attached hydrogen (secondary N) is 1. The van der Waals surface area contributed by atoms with Crippen molar-refractivity contribution in [1.29, 1.82) is 0 Å². The monoisotopic (exact) mass is 372 g/mol. The Bertz CT molecular complexity index is 444. The zero-order valence-corrected chi connectivity index (χ0v) is 15.0. The number of alkyl halides is 3. The first kappa shape index (κ1) is 22.5. The summed E-state index contributed by atoms with van der Waals surface area (Å²) in [7, 11) is 0. The lowest BCUT2D eigenvalue weighted by molar-refractivity contribution is -0.137. The molecule has 1 atom stereocenters. The van der Waals surface area contributed by atoms with Gasteiger partial charge in [0, 0.05) is 32.2 Å². The molecule has 0 bridgehead atoms. The van der Waals surface area contributed by atoms with Gasteiger partial charge in [0.1, 0.15) is 0 Å². The molecule has 1 aliphatic heterocycles. The minimum atomic E-state index is -4.26. The molecule has 0 amide bonds. The Labute approximate surface area is 148 Å². The molecular weight excluding hydrogens is 348 g/mol. The average Bonchev–Trinajstić information content (AvgIpc) is 2.45. The molecule has 1 aromatic rings. The molecule has 0 aromatic heterocycles. The smallest absolute Gasteiger partial charge is 0.314 e. The van der Waals surface area contributed by atoms with Crippen LogP contribution in [0.4, 0.5) is 13.2 Å². The van der Waals surface area contributed by atoms with E-state index >= 15 is 0 Å². The largest absolute Gasteiger partial charge is 0.416 e. The van der Waals surface area contributed by atoms with E-state index in [2.05, 4.69) is 24.1 Å². The van der Waals surface area contributed by atoms with E-state index in [0.29, 0.717) is 5.92 Å². The molecule has 1 N–H and O–H groups in total. The lowest BCUT2D eigenvalue weighted by Gasteiger charge is -2.36. The second kappa shape index (κ2) is 9.72. The number of nitrogens with zero attached hydrogens (tertiary/aromatic N) is 1. The van der Waals surface area contributed by atoms with Crippen molar-refractivity contribution in [3.05, 3.63) is 35.4 Å². The van der Waals surface area contributed by atoms with Crippen molar-refractivity contribution in [2.75, 3.05) is 26.2 Å². The fraction of sp³-hybridized carbons (Fsp3) is 0.625. The molecule has 2 rings (SSSR count). The minimum absolute atomic E-state index is 0. The summed E-state index contributed by atoms with van der Waals surface area (Å²) < 4.78 is 38.0. The van der Waals surface area contributed by atoms with Crippen LogP contribution in [0.15, 0.2) is 24.3 Å². The van der Waals surface area contributed by atoms with Crippen LogP contribution >= 0.6 is 24.8 Å². The van der Waals surface area contributed by atoms with Gasteiger partial charge in [-0.1, -0.05) is 26.0 Å². The topological polar surface area (TPSA) is 15.3 Å². The maximum Gasteiger partial charge on any atom is 0.416 e. The first-order valence-corrected chi connectivity index (χ1v) is 7.50. The second-order valence-corrected chi connectivity index (χ2v) is 6.05. The van der Waals surface area contributed by atoms with Gasteiger partial charge in [-0.3, -0.25) is 4.90 Å². The Balaban J connectivity index is 0.00000242. The third kappa shape index (κ3) is 6.49. The molecule has 23 heavy (non-hydrogen) atoms. The number of halogens is 5. The standard InChI is InChI=1S/C16H23F3N2.2ClH/c1-12(2)11-15(21-9-7-20-8-10-21)13-3-5-14(6-4-13)16(17,18)19;;/h3-6,12,15,20H,7-11H2,1-2H3;2*1H/t15-;;/m1../s1. The van der Waals surface area contributed by atoms with Crippen LogP contribution in [-0.2, 0) is 6.18 Å². The van der Waals surface area contributed by atoms with E-state index in [1.165, 1.54) is 12.1 Å². The minimum Gasteiger partial charge on any atom is -0.314 e. The maximum absolute atomic E-state index is 12.7. The molecule has 1 aliphatic rings. The van der Waals surface area contributed by atoms with Crippen LogP contribution in [0.3, 0.4) is 0 Å². The SMILES string of the molecule is CC(C)C[C@H](c1ccc(C(F)(F)F)cc1)N1CCNCC1.Cl.Cl. The van der Waals surface area contributed by atoms with Crippen molar-refractivity contribution in [1.82, 2.24) is 10.2 Å². The number of rotatable bonds is 4. The Hall–Kier alpha value is -0.490. The highest BCUT2D eigenvalue weighted by Crippen LogP contribution is 2.32. The van der Waals surface area contributed by atoms with Gasteiger partial charge >= 0.3 is 6.18 Å². The number of hydrogen-bond acceptors (Lipinski definition) is 2. The quantitative estimate of drug-likeness (QED) is 0.834. The summed E-state index contributed by atoms with van der Waals surface area (Å²) in [6.07, 6.45) is -3.30. The third-order valence-electron chi connectivity index (χ3n) is 3.91. The van der Waals surface area contributed by atoms with E-state index in [1.54, 1.807) is 12.1 Å². The van der Waals surface area contributed by atoms with Gasteiger partial charge in [-0.05, 0) is 30.0 Å². The van der Waals surface area contributed by atoms with Crippen LogP contribution in [0.2, 0.25) is 0 Å². The predicted molar refractivity (Wildman–Crippen MR) is 92.6 cm³/mol. The normalized spacial score (nSPS) is 17.3. The molecule has 0 unspecified atom stereocenters. The van der Waals surface area contributed by atoms with Gasteiger partial charge in [-0.2, -0.15) is 13.2 Å². The number of piperazine rings is 1. The van der Waals surface area contributed by atoms with Gasteiger partial charge in [-0.25, -0.2) is 0 Å². The molecular formula is C16H25Cl2F3N2. The van der Waals surface area contributed by atoms with Crippen molar-refractivity contribution >= 4 is 24.8 Å². The third-order valence-corrected chi connectivity index (χ3v) is 3.91. The van der Waals surface area contributed by atoms with Gasteiger partial charge in [0.2, 0.25) is 0 Å². The molecule has 2 nitrogen and oxygen atoms in total. The summed E-state index contributed by atoms with van der Waals surface area (Å²) in [6.45, 7) is 8.07. The van der Waals surface area contributed by atoms with Crippen molar-refractivity contribution in [2.24, 2.45) is 5.92 Å². The molecule has 0 spiro atoms. The zero-order valence-electron chi connectivity index (χ0n) is 13.4. The predicted octanol–water partition coefficient (Wildman–Crippen LogP) is 4.54. The van der Waals surface area contributed by atoms with Crippen LogP contribution < -0.4 is 5.32 Å². The second-order valence-electron chi connectivity index (χ2n) is 6.05. The van der Waals surface area contributed by atoms with Gasteiger partial charge in [0.05, 0.1) is 5.56 Å². The first-order valence-electron chi connectivity index (χ1n) is 7.50. The van der Waals surface area contributed by atoms with Gasteiger partial charge in [-0.15, -0.1) is 24.8 Å². The summed E-state index contributed by atoms with van der Waals surface area (Å²) in [5, 5.41) is 3.31. The highest BCUT2D eigenvalue weighted by Gasteiger charge is 2.31. The van der Waals surface area contributed by atoms with E-state index in [4.69, 9.17) is 0 Å². The Morgan fingerprint density at radius 2 is 1.57 bits per heavy atom. The molecule has 1 heterocycles. The molecule has 1 aromatic carbocycles. The summed E-state index contributed by atoms with van der Waals surface area (Å²) in [5.74, 6) is 0.507. The van der Waals surface area contributed by atoms with Gasteiger partial charge in [0.25, 0.3) is 0 Å². The summed E-state index contributed by atoms with van der Waals surface area (Å²) in [4.78, 5) is 2.37. The zero-order chi connectivity index (χ0) is 15.5. The number of hydrogen-bond donors (Lipinski definition) is 1. The van der Waals surface area contributed by atoms with Crippen LogP contribution in [0.5, 0.6) is 0 Å². The van der Waals surface area contributed by atoms with Crippen molar-refractivity contribution in [3.8, 4) is 0 Å². The van der Waals surface area contributed by atoms with E-state index < -0.39 is 11.7 Å². The lowest BCUT2D eigenvalue weighted by Crippen LogP contribution is -2.45. The van der Waals surface area contributed by atoms with Crippen LogP contribution in [0.25, 0.3) is 0 Å². The Kier molecular flexibility index (Phi) is 9.51. The Morgan fingerprint density at radius 1 is 1.04 bits per heavy atom. The average molecular weight is 373 g/mol. The highest BCUT2D eigenvalue weighted by atomic mass is 35.5. The van der Waals surface area contributed by atoms with Gasteiger partial charge < -0.3 is 5.32 Å². The molecule has 134 valence electrons. The fourth-order valence-corrected chi connectivity index (χ4v) is 2.83. The maximum atomic E-state index is 12.7. The summed E-state index contributed by atoms with van der Waals surface area (Å²) >= 11 is 0. The lowest BCUT2D eigenvalue weighted by atomic mass is 9.94. The van der Waals surface area contributed by atoms with Crippen LogP contribution in [0.1, 0.15) is 37.4 Å². The fourth-order valence-electron chi connectivity index (χ4n) is 2.83. The summed E-state index contributed by atoms with van der Waals surface area (Å²) in [6, 6.07) is 5.88. The van der Waals surface area contributed by atoms with E-state index in [9.17, 15) is 13.2 Å². The molecule has 1 fully saturated rings. The van der Waals surface area contributed by atoms with Crippen molar-refractivity contribution < 1.29 is 13.2 Å².